The lowest BCUT2D eigenvalue weighted by atomic mass is 9.94. The van der Waals surface area contributed by atoms with Crippen LogP contribution in [0.2, 0.25) is 5.02 Å². The Bertz CT molecular complexity index is 406. The first-order valence-corrected chi connectivity index (χ1v) is 5.16. The van der Waals surface area contributed by atoms with Gasteiger partial charge >= 0.3 is 5.97 Å². The lowest BCUT2D eigenvalue weighted by Crippen LogP contribution is -2.22. The van der Waals surface area contributed by atoms with E-state index in [4.69, 9.17) is 27.2 Å². The molecule has 0 radical (unpaired) electrons. The predicted molar refractivity (Wildman–Crippen MR) is 62.2 cm³/mol. The van der Waals surface area contributed by atoms with Crippen molar-refractivity contribution < 1.29 is 14.6 Å². The van der Waals surface area contributed by atoms with Gasteiger partial charge in [-0.15, -0.1) is 0 Å². The number of ether oxygens (including phenoxy) is 1. The summed E-state index contributed by atoms with van der Waals surface area (Å²) >= 11 is 5.95. The maximum atomic E-state index is 11.1. The van der Waals surface area contributed by atoms with E-state index in [1.54, 1.807) is 19.1 Å². The van der Waals surface area contributed by atoms with Crippen LogP contribution in [0.5, 0.6) is 5.75 Å². The van der Waals surface area contributed by atoms with Crippen LogP contribution in [0.4, 0.5) is 0 Å². The summed E-state index contributed by atoms with van der Waals surface area (Å²) in [4.78, 5) is 11.1. The molecule has 0 fully saturated rings. The summed E-state index contributed by atoms with van der Waals surface area (Å²) < 4.78 is 5.14. The van der Waals surface area contributed by atoms with Crippen LogP contribution in [0.15, 0.2) is 12.1 Å². The minimum atomic E-state index is -0.980. The van der Waals surface area contributed by atoms with Gasteiger partial charge in [-0.25, -0.2) is 0 Å². The maximum absolute atomic E-state index is 11.1. The Morgan fingerprint density at radius 1 is 1.62 bits per heavy atom. The van der Waals surface area contributed by atoms with Gasteiger partial charge in [-0.1, -0.05) is 17.7 Å². The van der Waals surface area contributed by atoms with E-state index in [9.17, 15) is 4.79 Å². The first-order chi connectivity index (χ1) is 7.52. The second kappa shape index (κ2) is 5.18. The molecule has 1 rings (SSSR count). The molecule has 3 N–H and O–H groups in total. The average Bonchev–Trinajstić information content (AvgIpc) is 2.24. The average molecular weight is 244 g/mol. The fraction of sp³-hybridized carbons (Fsp3) is 0.364. The zero-order chi connectivity index (χ0) is 12.3. The SMILES string of the molecule is COc1c(Cl)ccc(C)c1C(CN)C(=O)O. The molecule has 1 unspecified atom stereocenters. The lowest BCUT2D eigenvalue weighted by molar-refractivity contribution is -0.138. The van der Waals surface area contributed by atoms with E-state index in [1.807, 2.05) is 0 Å². The summed E-state index contributed by atoms with van der Waals surface area (Å²) in [5.41, 5.74) is 6.82. The Labute approximate surface area is 99.0 Å². The fourth-order valence-corrected chi connectivity index (χ4v) is 1.90. The number of carboxylic acid groups (broad SMARTS) is 1. The molecule has 0 amide bonds. The molecular formula is C11H14ClNO3. The monoisotopic (exact) mass is 243 g/mol. The molecule has 16 heavy (non-hydrogen) atoms. The van der Waals surface area contributed by atoms with Gasteiger partial charge < -0.3 is 15.6 Å². The van der Waals surface area contributed by atoms with Crippen LogP contribution in [0.25, 0.3) is 0 Å². The molecule has 0 aliphatic heterocycles. The molecule has 0 aliphatic rings. The maximum Gasteiger partial charge on any atom is 0.312 e. The molecule has 88 valence electrons. The topological polar surface area (TPSA) is 72.5 Å². The molecule has 0 saturated carbocycles. The second-order valence-electron chi connectivity index (χ2n) is 3.44. The van der Waals surface area contributed by atoms with Crippen LogP contribution in [-0.4, -0.2) is 24.7 Å². The molecule has 5 heteroatoms. The molecule has 0 aliphatic carbocycles. The Kier molecular flexibility index (Phi) is 4.15. The number of carbonyl (C=O) groups is 1. The molecule has 0 bridgehead atoms. The van der Waals surface area contributed by atoms with E-state index in [-0.39, 0.29) is 6.54 Å². The largest absolute Gasteiger partial charge is 0.495 e. The van der Waals surface area contributed by atoms with Crippen molar-refractivity contribution in [3.8, 4) is 5.75 Å². The third kappa shape index (κ3) is 2.28. The normalized spacial score (nSPS) is 12.2. The van der Waals surface area contributed by atoms with Gasteiger partial charge in [0.2, 0.25) is 0 Å². The fourth-order valence-electron chi connectivity index (χ4n) is 1.65. The van der Waals surface area contributed by atoms with Crippen LogP contribution in [-0.2, 0) is 4.79 Å². The van der Waals surface area contributed by atoms with Crippen LogP contribution in [0.1, 0.15) is 17.0 Å². The van der Waals surface area contributed by atoms with Crippen molar-refractivity contribution in [2.24, 2.45) is 5.73 Å². The minimum absolute atomic E-state index is 0.00682. The summed E-state index contributed by atoms with van der Waals surface area (Å²) in [5, 5.41) is 9.47. The highest BCUT2D eigenvalue weighted by Gasteiger charge is 2.25. The summed E-state index contributed by atoms with van der Waals surface area (Å²) in [5.74, 6) is -1.39. The van der Waals surface area contributed by atoms with E-state index >= 15 is 0 Å². The molecule has 0 aromatic heterocycles. The van der Waals surface area contributed by atoms with Gasteiger partial charge in [0, 0.05) is 12.1 Å². The van der Waals surface area contributed by atoms with Gasteiger partial charge in [-0.05, 0) is 18.6 Å². The van der Waals surface area contributed by atoms with Crippen molar-refractivity contribution in [1.29, 1.82) is 0 Å². The van der Waals surface area contributed by atoms with Crippen molar-refractivity contribution in [3.63, 3.8) is 0 Å². The van der Waals surface area contributed by atoms with Crippen molar-refractivity contribution in [2.45, 2.75) is 12.8 Å². The Morgan fingerprint density at radius 3 is 2.69 bits per heavy atom. The van der Waals surface area contributed by atoms with Crippen molar-refractivity contribution in [2.75, 3.05) is 13.7 Å². The Morgan fingerprint density at radius 2 is 2.25 bits per heavy atom. The number of aliphatic carboxylic acids is 1. The predicted octanol–water partition coefficient (Wildman–Crippen LogP) is 1.78. The quantitative estimate of drug-likeness (QED) is 0.846. The molecule has 0 heterocycles. The van der Waals surface area contributed by atoms with Gasteiger partial charge in [-0.3, -0.25) is 4.79 Å². The number of halogens is 1. The zero-order valence-electron chi connectivity index (χ0n) is 9.16. The van der Waals surface area contributed by atoms with Gasteiger partial charge in [0.15, 0.2) is 0 Å². The Hall–Kier alpha value is -1.26. The Balaban J connectivity index is 3.39. The van der Waals surface area contributed by atoms with E-state index in [1.165, 1.54) is 7.11 Å². The van der Waals surface area contributed by atoms with Crippen LogP contribution in [0, 0.1) is 6.92 Å². The molecule has 1 atom stereocenters. The van der Waals surface area contributed by atoms with Gasteiger partial charge in [0.05, 0.1) is 18.1 Å². The number of carboxylic acids is 1. The zero-order valence-corrected chi connectivity index (χ0v) is 9.91. The van der Waals surface area contributed by atoms with Crippen LogP contribution < -0.4 is 10.5 Å². The summed E-state index contributed by atoms with van der Waals surface area (Å²) in [6, 6.07) is 3.43. The van der Waals surface area contributed by atoms with Crippen molar-refractivity contribution in [3.05, 3.63) is 28.3 Å². The molecule has 1 aromatic carbocycles. The highest BCUT2D eigenvalue weighted by molar-refractivity contribution is 6.32. The van der Waals surface area contributed by atoms with Crippen molar-refractivity contribution >= 4 is 17.6 Å². The molecule has 4 nitrogen and oxygen atoms in total. The van der Waals surface area contributed by atoms with E-state index < -0.39 is 11.9 Å². The third-order valence-electron chi connectivity index (χ3n) is 2.45. The van der Waals surface area contributed by atoms with E-state index in [2.05, 4.69) is 0 Å². The van der Waals surface area contributed by atoms with Gasteiger partial charge in [0.25, 0.3) is 0 Å². The molecule has 1 aromatic rings. The van der Waals surface area contributed by atoms with E-state index in [0.29, 0.717) is 16.3 Å². The highest BCUT2D eigenvalue weighted by Crippen LogP contribution is 2.35. The second-order valence-corrected chi connectivity index (χ2v) is 3.84. The minimum Gasteiger partial charge on any atom is -0.495 e. The third-order valence-corrected chi connectivity index (χ3v) is 2.75. The highest BCUT2D eigenvalue weighted by atomic mass is 35.5. The van der Waals surface area contributed by atoms with Gasteiger partial charge in [-0.2, -0.15) is 0 Å². The lowest BCUT2D eigenvalue weighted by Gasteiger charge is -2.18. The number of aryl methyl sites for hydroxylation is 1. The summed E-state index contributed by atoms with van der Waals surface area (Å²) in [7, 11) is 1.46. The van der Waals surface area contributed by atoms with Crippen LogP contribution in [0.3, 0.4) is 0 Å². The first-order valence-electron chi connectivity index (χ1n) is 4.78. The van der Waals surface area contributed by atoms with E-state index in [0.717, 1.165) is 5.56 Å². The number of rotatable bonds is 4. The number of nitrogens with two attached hydrogens (primary N) is 1. The number of hydrogen-bond acceptors (Lipinski definition) is 3. The molecule has 0 saturated heterocycles. The smallest absolute Gasteiger partial charge is 0.312 e. The molecular weight excluding hydrogens is 230 g/mol. The number of hydrogen-bond donors (Lipinski definition) is 2. The van der Waals surface area contributed by atoms with Crippen LogP contribution >= 0.6 is 11.6 Å². The van der Waals surface area contributed by atoms with Gasteiger partial charge in [0.1, 0.15) is 5.75 Å². The summed E-state index contributed by atoms with van der Waals surface area (Å²) in [6.07, 6.45) is 0. The first kappa shape index (κ1) is 12.8. The number of benzene rings is 1. The molecule has 0 spiro atoms. The number of methoxy groups -OCH3 is 1. The standard InChI is InChI=1S/C11H14ClNO3/c1-6-3-4-8(12)10(16-2)9(6)7(5-13)11(14)15/h3-4,7H,5,13H2,1-2H3,(H,14,15). The summed E-state index contributed by atoms with van der Waals surface area (Å²) in [6.45, 7) is 1.81. The van der Waals surface area contributed by atoms with Crippen molar-refractivity contribution in [1.82, 2.24) is 0 Å².